The Morgan fingerprint density at radius 1 is 1.36 bits per heavy atom. The van der Waals surface area contributed by atoms with Gasteiger partial charge in [-0.1, -0.05) is 0 Å². The first-order chi connectivity index (χ1) is 13.5. The van der Waals surface area contributed by atoms with Crippen LogP contribution in [-0.2, 0) is 0 Å². The van der Waals surface area contributed by atoms with Crippen molar-refractivity contribution in [3.05, 3.63) is 24.3 Å². The highest BCUT2D eigenvalue weighted by Gasteiger charge is 2.41. The summed E-state index contributed by atoms with van der Waals surface area (Å²) >= 11 is 0. The second kappa shape index (κ2) is 7.56. The van der Waals surface area contributed by atoms with Crippen LogP contribution in [-0.4, -0.2) is 48.9 Å². The van der Waals surface area contributed by atoms with E-state index < -0.39 is 0 Å². The summed E-state index contributed by atoms with van der Waals surface area (Å²) in [7, 11) is 0. The summed E-state index contributed by atoms with van der Waals surface area (Å²) in [6.07, 6.45) is 10.0. The van der Waals surface area contributed by atoms with Crippen molar-refractivity contribution in [2.45, 2.75) is 57.2 Å². The zero-order chi connectivity index (χ0) is 19.7. The molecule has 9 nitrogen and oxygen atoms in total. The standard InChI is InChI=1S/C19H25N9/c1-12(21)7-16(22)25-17-10-23-18-19(26-17)28(11-24-18)15-8-13-3-4-14(9-15)27(13)6-2-5-20/h7,10-11,13-15H,2-4,6,8-9,21H2,1H3,(H2,22,25,26)/b12-7-/t13-,14+,15-. The Labute approximate surface area is 163 Å². The van der Waals surface area contributed by atoms with Gasteiger partial charge in [-0.15, -0.1) is 0 Å². The largest absolute Gasteiger partial charge is 0.402 e. The Morgan fingerprint density at radius 2 is 2.11 bits per heavy atom. The van der Waals surface area contributed by atoms with Gasteiger partial charge in [0.2, 0.25) is 0 Å². The molecule has 4 heterocycles. The molecule has 2 aromatic heterocycles. The molecule has 0 spiro atoms. The van der Waals surface area contributed by atoms with Gasteiger partial charge in [-0.05, 0) is 38.7 Å². The van der Waals surface area contributed by atoms with Crippen molar-refractivity contribution in [3.63, 3.8) is 0 Å². The summed E-state index contributed by atoms with van der Waals surface area (Å²) in [6, 6.07) is 3.64. The van der Waals surface area contributed by atoms with Gasteiger partial charge in [-0.2, -0.15) is 5.26 Å². The van der Waals surface area contributed by atoms with Gasteiger partial charge in [0.1, 0.15) is 5.84 Å². The van der Waals surface area contributed by atoms with Crippen molar-refractivity contribution in [3.8, 4) is 6.07 Å². The number of hydrogen-bond acceptors (Lipinski definition) is 7. The van der Waals surface area contributed by atoms with Crippen LogP contribution >= 0.6 is 0 Å². The lowest BCUT2D eigenvalue weighted by Gasteiger charge is -2.39. The van der Waals surface area contributed by atoms with Gasteiger partial charge in [-0.25, -0.2) is 15.0 Å². The van der Waals surface area contributed by atoms with Crippen LogP contribution in [0, 0.1) is 16.7 Å². The van der Waals surface area contributed by atoms with Crippen LogP contribution in [0.2, 0.25) is 0 Å². The Hall–Kier alpha value is -2.99. The number of allylic oxidation sites excluding steroid dienone is 1. The van der Waals surface area contributed by atoms with Crippen LogP contribution < -0.4 is 11.1 Å². The third-order valence-corrected chi connectivity index (χ3v) is 5.65. The Morgan fingerprint density at radius 3 is 2.79 bits per heavy atom. The van der Waals surface area contributed by atoms with E-state index in [2.05, 4.69) is 35.8 Å². The molecule has 0 unspecified atom stereocenters. The Balaban J connectivity index is 1.55. The second-order valence-electron chi connectivity index (χ2n) is 7.64. The number of piperidine rings is 1. The predicted molar refractivity (Wildman–Crippen MR) is 107 cm³/mol. The van der Waals surface area contributed by atoms with Gasteiger partial charge >= 0.3 is 0 Å². The third kappa shape index (κ3) is 3.55. The molecule has 0 aliphatic carbocycles. The second-order valence-corrected chi connectivity index (χ2v) is 7.64. The molecule has 4 N–H and O–H groups in total. The van der Waals surface area contributed by atoms with Crippen LogP contribution in [0.25, 0.3) is 11.3 Å². The molecular weight excluding hydrogens is 354 g/mol. The highest BCUT2D eigenvalue weighted by atomic mass is 15.3. The Kier molecular flexibility index (Phi) is 4.96. The van der Waals surface area contributed by atoms with Gasteiger partial charge in [0.25, 0.3) is 0 Å². The minimum atomic E-state index is 0.170. The number of nitrogens with two attached hydrogens (primary N) is 1. The average molecular weight is 379 g/mol. The third-order valence-electron chi connectivity index (χ3n) is 5.65. The molecule has 0 radical (unpaired) electrons. The average Bonchev–Trinajstić information content (AvgIpc) is 3.16. The summed E-state index contributed by atoms with van der Waals surface area (Å²) in [6.45, 7) is 2.60. The van der Waals surface area contributed by atoms with E-state index >= 15 is 0 Å². The van der Waals surface area contributed by atoms with E-state index in [0.29, 0.717) is 41.7 Å². The number of nitrogens with one attached hydrogen (secondary N) is 2. The molecule has 0 aromatic carbocycles. The number of aromatic nitrogens is 4. The minimum absolute atomic E-state index is 0.170. The SMILES string of the molecule is C/C(N)=C/C(=N)Nc1cnc2ncn([C@@H]3C[C@H]4CC[C@@H](C3)N4CCC#N)c2n1. The monoisotopic (exact) mass is 379 g/mol. The molecule has 2 aliphatic rings. The van der Waals surface area contributed by atoms with E-state index in [1.165, 1.54) is 18.9 Å². The summed E-state index contributed by atoms with van der Waals surface area (Å²) in [5.74, 6) is 0.676. The van der Waals surface area contributed by atoms with Crippen molar-refractivity contribution < 1.29 is 0 Å². The van der Waals surface area contributed by atoms with Gasteiger partial charge in [-0.3, -0.25) is 10.3 Å². The van der Waals surface area contributed by atoms with Gasteiger partial charge in [0, 0.05) is 36.8 Å². The fourth-order valence-corrected chi connectivity index (χ4v) is 4.55. The molecule has 2 saturated heterocycles. The minimum Gasteiger partial charge on any atom is -0.402 e. The molecule has 9 heteroatoms. The first-order valence-electron chi connectivity index (χ1n) is 9.66. The molecule has 0 amide bonds. The van der Waals surface area contributed by atoms with Crippen LogP contribution in [0.1, 0.15) is 45.1 Å². The van der Waals surface area contributed by atoms with Crippen LogP contribution in [0.3, 0.4) is 0 Å². The van der Waals surface area contributed by atoms with E-state index in [1.54, 1.807) is 13.1 Å². The lowest BCUT2D eigenvalue weighted by atomic mass is 9.97. The lowest BCUT2D eigenvalue weighted by Crippen LogP contribution is -2.43. The molecular formula is C19H25N9. The maximum atomic E-state index is 8.91. The summed E-state index contributed by atoms with van der Waals surface area (Å²) < 4.78 is 2.13. The molecule has 146 valence electrons. The summed E-state index contributed by atoms with van der Waals surface area (Å²) in [5.41, 5.74) is 7.53. The van der Waals surface area contributed by atoms with Crippen molar-refractivity contribution in [2.75, 3.05) is 11.9 Å². The van der Waals surface area contributed by atoms with Crippen LogP contribution in [0.4, 0.5) is 5.82 Å². The number of amidine groups is 1. The smallest absolute Gasteiger partial charge is 0.197 e. The van der Waals surface area contributed by atoms with Crippen molar-refractivity contribution in [1.29, 1.82) is 10.7 Å². The number of rotatable bonds is 5. The quantitative estimate of drug-likeness (QED) is 0.535. The molecule has 28 heavy (non-hydrogen) atoms. The number of imidazole rings is 1. The van der Waals surface area contributed by atoms with E-state index in [1.807, 2.05) is 6.33 Å². The molecule has 2 fully saturated rings. The number of nitriles is 1. The highest BCUT2D eigenvalue weighted by molar-refractivity contribution is 6.01. The number of nitrogens with zero attached hydrogens (tertiary/aromatic N) is 6. The zero-order valence-electron chi connectivity index (χ0n) is 16.0. The summed E-state index contributed by atoms with van der Waals surface area (Å²) in [5, 5.41) is 19.8. The van der Waals surface area contributed by atoms with E-state index in [-0.39, 0.29) is 5.84 Å². The molecule has 3 atom stereocenters. The van der Waals surface area contributed by atoms with E-state index in [4.69, 9.17) is 16.4 Å². The highest BCUT2D eigenvalue weighted by Crippen LogP contribution is 2.41. The number of hydrogen-bond donors (Lipinski definition) is 3. The number of anilines is 1. The molecule has 4 rings (SSSR count). The first kappa shape index (κ1) is 18.4. The van der Waals surface area contributed by atoms with Crippen LogP contribution in [0.5, 0.6) is 0 Å². The van der Waals surface area contributed by atoms with E-state index in [9.17, 15) is 0 Å². The Bertz CT molecular complexity index is 936. The maximum Gasteiger partial charge on any atom is 0.197 e. The lowest BCUT2D eigenvalue weighted by molar-refractivity contribution is 0.110. The molecule has 2 bridgehead atoms. The van der Waals surface area contributed by atoms with Gasteiger partial charge < -0.3 is 15.6 Å². The first-order valence-corrected chi connectivity index (χ1v) is 9.66. The number of fused-ring (bicyclic) bond motifs is 3. The predicted octanol–water partition coefficient (Wildman–Crippen LogP) is 2.16. The van der Waals surface area contributed by atoms with Gasteiger partial charge in [0.15, 0.2) is 17.1 Å². The molecule has 2 aliphatic heterocycles. The summed E-state index contributed by atoms with van der Waals surface area (Å²) in [4.78, 5) is 16.0. The molecule has 0 saturated carbocycles. The van der Waals surface area contributed by atoms with Gasteiger partial charge in [0.05, 0.1) is 18.6 Å². The molecule has 2 aromatic rings. The maximum absolute atomic E-state index is 8.91. The van der Waals surface area contributed by atoms with Crippen LogP contribution in [0.15, 0.2) is 24.3 Å². The van der Waals surface area contributed by atoms with Crippen molar-refractivity contribution in [2.24, 2.45) is 5.73 Å². The van der Waals surface area contributed by atoms with Crippen molar-refractivity contribution >= 4 is 22.9 Å². The zero-order valence-corrected chi connectivity index (χ0v) is 16.0. The fraction of sp³-hybridized carbons (Fsp3) is 0.526. The topological polar surface area (TPSA) is 133 Å². The fourth-order valence-electron chi connectivity index (χ4n) is 4.55. The van der Waals surface area contributed by atoms with Crippen molar-refractivity contribution in [1.82, 2.24) is 24.4 Å². The van der Waals surface area contributed by atoms with E-state index in [0.717, 1.165) is 25.0 Å². The normalized spacial score (nSPS) is 25.0.